The third-order valence-corrected chi connectivity index (χ3v) is 6.47. The Bertz CT molecular complexity index is 1230. The van der Waals surface area contributed by atoms with Crippen molar-refractivity contribution in [3.05, 3.63) is 76.1 Å². The highest BCUT2D eigenvalue weighted by molar-refractivity contribution is 6.04. The highest BCUT2D eigenvalue weighted by Crippen LogP contribution is 2.46. The van der Waals surface area contributed by atoms with E-state index in [1.54, 1.807) is 46.3 Å². The van der Waals surface area contributed by atoms with Gasteiger partial charge in [0.25, 0.3) is 0 Å². The number of Topliss-reactive ketones (excluding diaryl/α,β-unsaturated/α-hetero) is 1. The highest BCUT2D eigenvalue weighted by atomic mass is 16.5. The van der Waals surface area contributed by atoms with Gasteiger partial charge in [0.15, 0.2) is 17.3 Å². The van der Waals surface area contributed by atoms with Crippen molar-refractivity contribution in [2.45, 2.75) is 51.6 Å². The van der Waals surface area contributed by atoms with E-state index >= 15 is 0 Å². The van der Waals surface area contributed by atoms with Gasteiger partial charge < -0.3 is 24.6 Å². The Morgan fingerprint density at radius 3 is 2.43 bits per heavy atom. The summed E-state index contributed by atoms with van der Waals surface area (Å²) in [6, 6.07) is 12.4. The van der Waals surface area contributed by atoms with Gasteiger partial charge >= 0.3 is 5.97 Å². The van der Waals surface area contributed by atoms with Gasteiger partial charge in [0.2, 0.25) is 0 Å². The summed E-state index contributed by atoms with van der Waals surface area (Å²) in [6.45, 7) is 5.40. The molecule has 2 atom stereocenters. The summed E-state index contributed by atoms with van der Waals surface area (Å²) in [7, 11) is 3.17. The summed E-state index contributed by atoms with van der Waals surface area (Å²) in [4.78, 5) is 26.8. The molecule has 7 heteroatoms. The Kier molecular flexibility index (Phi) is 6.87. The first-order valence-electron chi connectivity index (χ1n) is 11.7. The molecule has 1 aliphatic heterocycles. The quantitative estimate of drug-likeness (QED) is 0.581. The third kappa shape index (κ3) is 4.76. The summed E-state index contributed by atoms with van der Waals surface area (Å²) in [5, 5.41) is 13.5. The summed E-state index contributed by atoms with van der Waals surface area (Å²) in [5.41, 5.74) is 4.02. The summed E-state index contributed by atoms with van der Waals surface area (Å²) >= 11 is 0. The lowest BCUT2D eigenvalue weighted by Crippen LogP contribution is -2.36. The lowest BCUT2D eigenvalue weighted by atomic mass is 9.71. The van der Waals surface area contributed by atoms with Crippen molar-refractivity contribution in [1.82, 2.24) is 5.32 Å². The van der Waals surface area contributed by atoms with E-state index < -0.39 is 11.9 Å². The number of methoxy groups -OCH3 is 2. The zero-order valence-corrected chi connectivity index (χ0v) is 20.7. The molecule has 4 rings (SSSR count). The summed E-state index contributed by atoms with van der Waals surface area (Å²) in [5.74, 6) is 0.114. The summed E-state index contributed by atoms with van der Waals surface area (Å²) < 4.78 is 16.3. The molecule has 2 N–H and O–H groups in total. The molecule has 2 aromatic rings. The number of rotatable bonds is 6. The second-order valence-corrected chi connectivity index (χ2v) is 9.18. The molecular weight excluding hydrogens is 446 g/mol. The van der Waals surface area contributed by atoms with Crippen molar-refractivity contribution in [1.29, 1.82) is 0 Å². The smallest absolute Gasteiger partial charge is 0.337 e. The Balaban J connectivity index is 1.77. The van der Waals surface area contributed by atoms with Gasteiger partial charge in [-0.15, -0.1) is 0 Å². The van der Waals surface area contributed by atoms with Crippen LogP contribution in [-0.4, -0.2) is 37.2 Å². The first-order chi connectivity index (χ1) is 16.7. The van der Waals surface area contributed by atoms with Crippen molar-refractivity contribution in [3.8, 4) is 17.2 Å². The molecule has 1 aliphatic carbocycles. The number of aromatic hydroxyl groups is 1. The van der Waals surface area contributed by atoms with Gasteiger partial charge in [0.05, 0.1) is 25.9 Å². The molecule has 0 fully saturated rings. The lowest BCUT2D eigenvalue weighted by Gasteiger charge is -2.37. The first kappa shape index (κ1) is 24.4. The number of nitrogens with one attached hydrogen (secondary N) is 1. The van der Waals surface area contributed by atoms with Crippen LogP contribution in [0, 0.1) is 0 Å². The van der Waals surface area contributed by atoms with Crippen molar-refractivity contribution in [2.75, 3.05) is 14.2 Å². The maximum Gasteiger partial charge on any atom is 0.337 e. The van der Waals surface area contributed by atoms with E-state index in [4.69, 9.17) is 14.2 Å². The maximum absolute atomic E-state index is 13.7. The standard InChI is InChI=1S/C28H31NO6/c1-15(2)35-28(32)25-16(3)29-21-12-19(17-9-10-23(33-4)24(14-17)34-5)13-22(31)27(21)26(25)18-7-6-8-20(30)11-18/h6-11,14-15,19,26,29-30H,12-13H2,1-5H3/t19-,26+/m0/s1. The van der Waals surface area contributed by atoms with Crippen molar-refractivity contribution < 1.29 is 28.9 Å². The molecule has 0 unspecified atom stereocenters. The van der Waals surface area contributed by atoms with E-state index in [0.29, 0.717) is 40.3 Å². The van der Waals surface area contributed by atoms with Crippen LogP contribution in [0.3, 0.4) is 0 Å². The molecule has 184 valence electrons. The molecule has 2 aromatic carbocycles. The van der Waals surface area contributed by atoms with Gasteiger partial charge in [0, 0.05) is 29.3 Å². The van der Waals surface area contributed by atoms with Gasteiger partial charge in [-0.05, 0) is 68.5 Å². The Morgan fingerprint density at radius 1 is 1.03 bits per heavy atom. The molecule has 0 spiro atoms. The van der Waals surface area contributed by atoms with Gasteiger partial charge in [-0.3, -0.25) is 4.79 Å². The average Bonchev–Trinajstić information content (AvgIpc) is 2.82. The van der Waals surface area contributed by atoms with Gasteiger partial charge in [-0.1, -0.05) is 18.2 Å². The fraction of sp³-hybridized carbons (Fsp3) is 0.357. The molecule has 2 aliphatic rings. The molecule has 35 heavy (non-hydrogen) atoms. The topological polar surface area (TPSA) is 94.1 Å². The first-order valence-corrected chi connectivity index (χ1v) is 11.7. The monoisotopic (exact) mass is 477 g/mol. The van der Waals surface area contributed by atoms with Crippen molar-refractivity contribution in [3.63, 3.8) is 0 Å². The van der Waals surface area contributed by atoms with Crippen LogP contribution in [0.1, 0.15) is 56.6 Å². The van der Waals surface area contributed by atoms with E-state index in [2.05, 4.69) is 5.32 Å². The number of phenolic OH excluding ortho intramolecular Hbond substituents is 1. The number of carbonyl (C=O) groups is 2. The van der Waals surface area contributed by atoms with Crippen LogP contribution < -0.4 is 14.8 Å². The summed E-state index contributed by atoms with van der Waals surface area (Å²) in [6.07, 6.45) is 0.576. The van der Waals surface area contributed by atoms with E-state index in [1.165, 1.54) is 0 Å². The zero-order valence-electron chi connectivity index (χ0n) is 20.7. The highest BCUT2D eigenvalue weighted by Gasteiger charge is 2.41. The molecule has 0 saturated carbocycles. The SMILES string of the molecule is COc1ccc([C@@H]2CC(=O)C3=C(C2)NC(C)=C(C(=O)OC(C)C)[C@H]3c2cccc(O)c2)cc1OC. The number of benzene rings is 2. The number of dihydropyridines is 1. The molecule has 0 bridgehead atoms. The number of phenols is 1. The van der Waals surface area contributed by atoms with E-state index in [0.717, 1.165) is 11.3 Å². The number of carbonyl (C=O) groups excluding carboxylic acids is 2. The Morgan fingerprint density at radius 2 is 1.77 bits per heavy atom. The minimum Gasteiger partial charge on any atom is -0.508 e. The van der Waals surface area contributed by atoms with Crippen molar-refractivity contribution >= 4 is 11.8 Å². The Labute approximate surface area is 205 Å². The maximum atomic E-state index is 13.7. The van der Waals surface area contributed by atoms with E-state index in [-0.39, 0.29) is 30.0 Å². The van der Waals surface area contributed by atoms with Crippen LogP contribution in [0.25, 0.3) is 0 Å². The van der Waals surface area contributed by atoms with E-state index in [9.17, 15) is 14.7 Å². The molecule has 0 amide bonds. The van der Waals surface area contributed by atoms with Crippen LogP contribution in [0.4, 0.5) is 0 Å². The minimum absolute atomic E-state index is 0.0470. The number of ether oxygens (including phenoxy) is 3. The second kappa shape index (κ2) is 9.86. The molecular formula is C28H31NO6. The molecule has 0 aromatic heterocycles. The van der Waals surface area contributed by atoms with Crippen molar-refractivity contribution in [2.24, 2.45) is 0 Å². The third-order valence-electron chi connectivity index (χ3n) is 6.47. The number of ketones is 1. The van der Waals surface area contributed by atoms with E-state index in [1.807, 2.05) is 31.2 Å². The van der Waals surface area contributed by atoms with Crippen LogP contribution >= 0.6 is 0 Å². The fourth-order valence-electron chi connectivity index (χ4n) is 4.97. The minimum atomic E-state index is -0.622. The predicted molar refractivity (Wildman–Crippen MR) is 131 cm³/mol. The van der Waals surface area contributed by atoms with Gasteiger partial charge in [-0.2, -0.15) is 0 Å². The normalized spacial score (nSPS) is 19.9. The van der Waals surface area contributed by atoms with Gasteiger partial charge in [-0.25, -0.2) is 4.79 Å². The fourth-order valence-corrected chi connectivity index (χ4v) is 4.97. The largest absolute Gasteiger partial charge is 0.508 e. The zero-order chi connectivity index (χ0) is 25.3. The molecule has 7 nitrogen and oxygen atoms in total. The van der Waals surface area contributed by atoms with Crippen LogP contribution in [0.5, 0.6) is 17.2 Å². The Hall–Kier alpha value is -3.74. The second-order valence-electron chi connectivity index (χ2n) is 9.18. The number of hydrogen-bond acceptors (Lipinski definition) is 7. The molecule has 0 radical (unpaired) electrons. The van der Waals surface area contributed by atoms with Crippen LogP contribution in [0.15, 0.2) is 65.0 Å². The molecule has 1 heterocycles. The van der Waals surface area contributed by atoms with Gasteiger partial charge in [0.1, 0.15) is 5.75 Å². The van der Waals surface area contributed by atoms with Crippen LogP contribution in [-0.2, 0) is 14.3 Å². The lowest BCUT2D eigenvalue weighted by molar-refractivity contribution is -0.143. The average molecular weight is 478 g/mol. The predicted octanol–water partition coefficient (Wildman–Crippen LogP) is 4.72. The number of hydrogen-bond donors (Lipinski definition) is 2. The number of esters is 1. The van der Waals surface area contributed by atoms with Crippen LogP contribution in [0.2, 0.25) is 0 Å². The molecule has 0 saturated heterocycles. The number of allylic oxidation sites excluding steroid dienone is 3.